The third-order valence-electron chi connectivity index (χ3n) is 4.78. The second-order valence-electron chi connectivity index (χ2n) is 6.37. The van der Waals surface area contributed by atoms with E-state index in [4.69, 9.17) is 4.74 Å². The van der Waals surface area contributed by atoms with Crippen molar-refractivity contribution in [3.05, 3.63) is 0 Å². The molecule has 0 aromatic rings. The van der Waals surface area contributed by atoms with Crippen molar-refractivity contribution in [3.8, 4) is 0 Å². The molecule has 0 bridgehead atoms. The highest BCUT2D eigenvalue weighted by Crippen LogP contribution is 2.51. The summed E-state index contributed by atoms with van der Waals surface area (Å²) in [6, 6.07) is 0.676. The van der Waals surface area contributed by atoms with Gasteiger partial charge in [-0.25, -0.2) is 0 Å². The maximum absolute atomic E-state index is 5.96. The van der Waals surface area contributed by atoms with Crippen molar-refractivity contribution in [2.75, 3.05) is 30.4 Å². The molecule has 0 aromatic carbocycles. The van der Waals surface area contributed by atoms with Crippen LogP contribution in [-0.4, -0.2) is 47.8 Å². The van der Waals surface area contributed by atoms with Crippen LogP contribution in [0, 0.1) is 11.3 Å². The quantitative estimate of drug-likeness (QED) is 0.861. The van der Waals surface area contributed by atoms with E-state index in [0.717, 1.165) is 17.8 Å². The fourth-order valence-corrected chi connectivity index (χ4v) is 6.47. The first-order valence-electron chi connectivity index (χ1n) is 7.24. The molecule has 4 heteroatoms. The van der Waals surface area contributed by atoms with Gasteiger partial charge in [-0.2, -0.15) is 23.5 Å². The van der Waals surface area contributed by atoms with Gasteiger partial charge in [0.25, 0.3) is 0 Å². The molecule has 0 aromatic heterocycles. The molecule has 18 heavy (non-hydrogen) atoms. The van der Waals surface area contributed by atoms with Crippen LogP contribution in [0.1, 0.15) is 26.7 Å². The lowest BCUT2D eigenvalue weighted by Gasteiger charge is -2.60. The highest BCUT2D eigenvalue weighted by atomic mass is 32.2. The van der Waals surface area contributed by atoms with E-state index in [-0.39, 0.29) is 0 Å². The Hall–Kier alpha value is 0.620. The Morgan fingerprint density at radius 1 is 1.33 bits per heavy atom. The Bertz CT molecular complexity index is 292. The molecule has 2 nitrogen and oxygen atoms in total. The molecule has 1 N–H and O–H groups in total. The monoisotopic (exact) mass is 287 g/mol. The SMILES string of the molecule is CC1(C)C(NCC2CSCCS2)C2CCCOC21. The molecule has 0 spiro atoms. The van der Waals surface area contributed by atoms with Crippen LogP contribution in [0.5, 0.6) is 0 Å². The zero-order valence-electron chi connectivity index (χ0n) is 11.5. The van der Waals surface area contributed by atoms with Crippen molar-refractivity contribution in [1.29, 1.82) is 0 Å². The number of hydrogen-bond donors (Lipinski definition) is 1. The Balaban J connectivity index is 1.52. The molecule has 4 unspecified atom stereocenters. The molecule has 0 amide bonds. The summed E-state index contributed by atoms with van der Waals surface area (Å²) in [5.41, 5.74) is 0.331. The second kappa shape index (κ2) is 5.55. The van der Waals surface area contributed by atoms with E-state index in [2.05, 4.69) is 42.7 Å². The normalized spacial score (nSPS) is 43.0. The van der Waals surface area contributed by atoms with Crippen LogP contribution in [0.15, 0.2) is 0 Å². The number of ether oxygens (including phenoxy) is 1. The summed E-state index contributed by atoms with van der Waals surface area (Å²) in [5.74, 6) is 4.78. The van der Waals surface area contributed by atoms with Gasteiger partial charge in [0.1, 0.15) is 0 Å². The maximum Gasteiger partial charge on any atom is 0.0684 e. The summed E-state index contributed by atoms with van der Waals surface area (Å²) in [7, 11) is 0. The first-order chi connectivity index (χ1) is 8.69. The lowest BCUT2D eigenvalue weighted by atomic mass is 9.55. The molecule has 2 aliphatic heterocycles. The third kappa shape index (κ3) is 2.46. The highest BCUT2D eigenvalue weighted by molar-refractivity contribution is 8.06. The van der Waals surface area contributed by atoms with E-state index in [9.17, 15) is 0 Å². The van der Waals surface area contributed by atoms with Crippen molar-refractivity contribution in [3.63, 3.8) is 0 Å². The van der Waals surface area contributed by atoms with Gasteiger partial charge in [-0.1, -0.05) is 13.8 Å². The number of thioether (sulfide) groups is 2. The van der Waals surface area contributed by atoms with Crippen LogP contribution >= 0.6 is 23.5 Å². The minimum Gasteiger partial charge on any atom is -0.377 e. The Morgan fingerprint density at radius 3 is 3.00 bits per heavy atom. The second-order valence-corrected chi connectivity index (χ2v) is 8.93. The van der Waals surface area contributed by atoms with Gasteiger partial charge in [0.2, 0.25) is 0 Å². The van der Waals surface area contributed by atoms with Crippen LogP contribution in [0.3, 0.4) is 0 Å². The van der Waals surface area contributed by atoms with Crippen LogP contribution in [-0.2, 0) is 4.74 Å². The molecular weight excluding hydrogens is 262 g/mol. The molecule has 2 heterocycles. The van der Waals surface area contributed by atoms with Gasteiger partial charge in [0.05, 0.1) is 6.10 Å². The average molecular weight is 287 g/mol. The summed E-state index contributed by atoms with van der Waals surface area (Å²) >= 11 is 4.27. The number of hydrogen-bond acceptors (Lipinski definition) is 4. The van der Waals surface area contributed by atoms with Gasteiger partial charge in [-0.3, -0.25) is 0 Å². The molecule has 1 saturated carbocycles. The van der Waals surface area contributed by atoms with Crippen LogP contribution in [0.4, 0.5) is 0 Å². The van der Waals surface area contributed by atoms with E-state index in [1.54, 1.807) is 0 Å². The van der Waals surface area contributed by atoms with E-state index in [0.29, 0.717) is 17.6 Å². The van der Waals surface area contributed by atoms with Crippen LogP contribution in [0.25, 0.3) is 0 Å². The number of rotatable bonds is 3. The predicted molar refractivity (Wildman–Crippen MR) is 81.6 cm³/mol. The molecule has 2 saturated heterocycles. The lowest BCUT2D eigenvalue weighted by Crippen LogP contribution is -2.69. The molecule has 3 aliphatic rings. The smallest absolute Gasteiger partial charge is 0.0684 e. The first-order valence-corrected chi connectivity index (χ1v) is 9.44. The highest BCUT2D eigenvalue weighted by Gasteiger charge is 2.57. The maximum atomic E-state index is 5.96. The summed E-state index contributed by atoms with van der Waals surface area (Å²) < 4.78 is 5.96. The van der Waals surface area contributed by atoms with Gasteiger partial charge in [0.15, 0.2) is 0 Å². The summed E-state index contributed by atoms with van der Waals surface area (Å²) in [4.78, 5) is 0. The molecule has 3 fully saturated rings. The molecule has 3 rings (SSSR count). The van der Waals surface area contributed by atoms with E-state index in [1.807, 2.05) is 0 Å². The molecule has 1 aliphatic carbocycles. The third-order valence-corrected chi connectivity index (χ3v) is 7.63. The van der Waals surface area contributed by atoms with Gasteiger partial charge >= 0.3 is 0 Å². The van der Waals surface area contributed by atoms with Gasteiger partial charge < -0.3 is 10.1 Å². The van der Waals surface area contributed by atoms with Crippen molar-refractivity contribution in [2.24, 2.45) is 11.3 Å². The Labute approximate surface area is 119 Å². The number of fused-ring (bicyclic) bond motifs is 1. The summed E-state index contributed by atoms with van der Waals surface area (Å²) in [6.45, 7) is 6.92. The minimum absolute atomic E-state index is 0.331. The predicted octanol–water partition coefficient (Wildman–Crippen LogP) is 2.63. The standard InChI is InChI=1S/C14H25NOS2/c1-14(2)12(11-4-3-5-16-13(11)14)15-8-10-9-17-6-7-18-10/h10-13,15H,3-9H2,1-2H3. The molecule has 104 valence electrons. The fourth-order valence-electron chi connectivity index (χ4n) is 3.85. The van der Waals surface area contributed by atoms with Crippen molar-refractivity contribution in [1.82, 2.24) is 5.32 Å². The summed E-state index contributed by atoms with van der Waals surface area (Å²) in [6.07, 6.45) is 3.12. The first kappa shape index (κ1) is 13.6. The van der Waals surface area contributed by atoms with Crippen LogP contribution in [0.2, 0.25) is 0 Å². The molecule has 4 atom stereocenters. The molecule has 0 radical (unpaired) electrons. The molecular formula is C14H25NOS2. The Kier molecular flexibility index (Phi) is 4.19. The van der Waals surface area contributed by atoms with Gasteiger partial charge in [-0.05, 0) is 12.8 Å². The van der Waals surface area contributed by atoms with E-state index < -0.39 is 0 Å². The van der Waals surface area contributed by atoms with Gasteiger partial charge in [-0.15, -0.1) is 0 Å². The van der Waals surface area contributed by atoms with Crippen LogP contribution < -0.4 is 5.32 Å². The summed E-state index contributed by atoms with van der Waals surface area (Å²) in [5, 5.41) is 4.69. The Morgan fingerprint density at radius 2 is 2.22 bits per heavy atom. The number of nitrogens with one attached hydrogen (secondary N) is 1. The fraction of sp³-hybridized carbons (Fsp3) is 1.00. The zero-order valence-corrected chi connectivity index (χ0v) is 13.1. The minimum atomic E-state index is 0.331. The van der Waals surface area contributed by atoms with Crippen molar-refractivity contribution >= 4 is 23.5 Å². The van der Waals surface area contributed by atoms with Crippen molar-refractivity contribution in [2.45, 2.75) is 44.1 Å². The van der Waals surface area contributed by atoms with E-state index >= 15 is 0 Å². The van der Waals surface area contributed by atoms with E-state index in [1.165, 1.54) is 36.6 Å². The van der Waals surface area contributed by atoms with Gasteiger partial charge in [0, 0.05) is 53.0 Å². The topological polar surface area (TPSA) is 21.3 Å². The average Bonchev–Trinajstić information content (AvgIpc) is 2.40. The largest absolute Gasteiger partial charge is 0.377 e. The zero-order chi connectivity index (χ0) is 12.6. The lowest BCUT2D eigenvalue weighted by molar-refractivity contribution is -0.192. The van der Waals surface area contributed by atoms with Crippen molar-refractivity contribution < 1.29 is 4.74 Å².